The van der Waals surface area contributed by atoms with Crippen LogP contribution >= 0.6 is 0 Å². The maximum absolute atomic E-state index is 12.3. The van der Waals surface area contributed by atoms with Crippen molar-refractivity contribution < 1.29 is 4.79 Å². The SMILES string of the molecule is CC(=O)N1C(c2ccccc2)CCCC1c1ccccc1. The van der Waals surface area contributed by atoms with Crippen molar-refractivity contribution in [2.75, 3.05) is 0 Å². The van der Waals surface area contributed by atoms with Gasteiger partial charge in [-0.1, -0.05) is 60.7 Å². The normalized spacial score (nSPS) is 22.0. The highest BCUT2D eigenvalue weighted by Gasteiger charge is 2.33. The molecule has 2 heteroatoms. The molecule has 2 aromatic rings. The second-order valence-corrected chi connectivity index (χ2v) is 5.71. The standard InChI is InChI=1S/C19H21NO/c1-15(21)20-18(16-9-4-2-5-10-16)13-8-14-19(20)17-11-6-3-7-12-17/h2-7,9-12,18-19H,8,13-14H2,1H3. The van der Waals surface area contributed by atoms with Crippen LogP contribution in [0.1, 0.15) is 49.4 Å². The molecule has 1 amide bonds. The Kier molecular flexibility index (Phi) is 4.05. The van der Waals surface area contributed by atoms with Crippen LogP contribution in [0, 0.1) is 0 Å². The van der Waals surface area contributed by atoms with Crippen LogP contribution in [-0.2, 0) is 4.79 Å². The van der Waals surface area contributed by atoms with E-state index in [4.69, 9.17) is 0 Å². The quantitative estimate of drug-likeness (QED) is 0.792. The minimum atomic E-state index is 0.164. The van der Waals surface area contributed by atoms with Crippen LogP contribution < -0.4 is 0 Å². The summed E-state index contributed by atoms with van der Waals surface area (Å²) in [7, 11) is 0. The van der Waals surface area contributed by atoms with Crippen molar-refractivity contribution in [3.63, 3.8) is 0 Å². The molecule has 1 saturated heterocycles. The van der Waals surface area contributed by atoms with E-state index in [2.05, 4.69) is 53.4 Å². The highest BCUT2D eigenvalue weighted by molar-refractivity contribution is 5.74. The van der Waals surface area contributed by atoms with E-state index in [-0.39, 0.29) is 18.0 Å². The fourth-order valence-corrected chi connectivity index (χ4v) is 3.44. The molecule has 2 aromatic carbocycles. The van der Waals surface area contributed by atoms with Gasteiger partial charge in [0.25, 0.3) is 0 Å². The lowest BCUT2D eigenvalue weighted by Crippen LogP contribution is -2.39. The fourth-order valence-electron chi connectivity index (χ4n) is 3.44. The van der Waals surface area contributed by atoms with Crippen molar-refractivity contribution in [3.05, 3.63) is 71.8 Å². The molecule has 3 rings (SSSR count). The summed E-state index contributed by atoms with van der Waals surface area (Å²) < 4.78 is 0. The van der Waals surface area contributed by atoms with Crippen molar-refractivity contribution in [1.82, 2.24) is 4.90 Å². The van der Waals surface area contributed by atoms with Gasteiger partial charge in [0.05, 0.1) is 12.1 Å². The Morgan fingerprint density at radius 2 is 1.29 bits per heavy atom. The predicted octanol–water partition coefficient (Wildman–Crippen LogP) is 4.50. The number of carbonyl (C=O) groups excluding carboxylic acids is 1. The zero-order chi connectivity index (χ0) is 14.7. The van der Waals surface area contributed by atoms with Gasteiger partial charge in [0.1, 0.15) is 0 Å². The topological polar surface area (TPSA) is 20.3 Å². The first kappa shape index (κ1) is 13.9. The molecular formula is C19H21NO. The number of hydrogen-bond donors (Lipinski definition) is 0. The first-order valence-corrected chi connectivity index (χ1v) is 7.66. The summed E-state index contributed by atoms with van der Waals surface area (Å²) in [6.07, 6.45) is 3.25. The Bertz CT molecular complexity index is 546. The van der Waals surface area contributed by atoms with Gasteiger partial charge in [-0.05, 0) is 30.4 Å². The van der Waals surface area contributed by atoms with E-state index in [0.29, 0.717) is 0 Å². The number of benzene rings is 2. The Labute approximate surface area is 126 Å². The van der Waals surface area contributed by atoms with E-state index >= 15 is 0 Å². The summed E-state index contributed by atoms with van der Waals surface area (Å²) >= 11 is 0. The summed E-state index contributed by atoms with van der Waals surface area (Å²) in [4.78, 5) is 14.4. The van der Waals surface area contributed by atoms with Crippen LogP contribution in [0.25, 0.3) is 0 Å². The average Bonchev–Trinajstić information content (AvgIpc) is 2.55. The molecule has 21 heavy (non-hydrogen) atoms. The van der Waals surface area contributed by atoms with E-state index in [1.54, 1.807) is 6.92 Å². The van der Waals surface area contributed by atoms with Gasteiger partial charge in [-0.25, -0.2) is 0 Å². The van der Waals surface area contributed by atoms with Crippen LogP contribution in [0.2, 0.25) is 0 Å². The Morgan fingerprint density at radius 1 is 0.857 bits per heavy atom. The molecule has 2 nitrogen and oxygen atoms in total. The smallest absolute Gasteiger partial charge is 0.220 e. The Balaban J connectivity index is 1.97. The largest absolute Gasteiger partial charge is 0.329 e. The molecule has 0 saturated carbocycles. The van der Waals surface area contributed by atoms with Crippen molar-refractivity contribution in [2.45, 2.75) is 38.3 Å². The van der Waals surface area contributed by atoms with Crippen LogP contribution in [0.4, 0.5) is 0 Å². The molecule has 108 valence electrons. The lowest BCUT2D eigenvalue weighted by Gasteiger charge is -2.42. The van der Waals surface area contributed by atoms with Crippen LogP contribution in [-0.4, -0.2) is 10.8 Å². The minimum Gasteiger partial charge on any atom is -0.329 e. The first-order chi connectivity index (χ1) is 10.3. The third kappa shape index (κ3) is 2.85. The number of nitrogens with zero attached hydrogens (tertiary/aromatic N) is 1. The molecule has 1 aliphatic heterocycles. The molecule has 0 N–H and O–H groups in total. The third-order valence-electron chi connectivity index (χ3n) is 4.36. The summed E-state index contributed by atoms with van der Waals surface area (Å²) in [5.74, 6) is 0.164. The fraction of sp³-hybridized carbons (Fsp3) is 0.316. The monoisotopic (exact) mass is 279 g/mol. The maximum atomic E-state index is 12.3. The molecule has 0 aliphatic carbocycles. The highest BCUT2D eigenvalue weighted by atomic mass is 16.2. The van der Waals surface area contributed by atoms with Gasteiger partial charge in [-0.2, -0.15) is 0 Å². The molecule has 0 bridgehead atoms. The van der Waals surface area contributed by atoms with Crippen molar-refractivity contribution in [1.29, 1.82) is 0 Å². The lowest BCUT2D eigenvalue weighted by atomic mass is 9.87. The summed E-state index contributed by atoms with van der Waals surface area (Å²) in [5.41, 5.74) is 2.49. The minimum absolute atomic E-state index is 0.164. The van der Waals surface area contributed by atoms with Gasteiger partial charge in [0.15, 0.2) is 0 Å². The van der Waals surface area contributed by atoms with E-state index < -0.39 is 0 Å². The van der Waals surface area contributed by atoms with Gasteiger partial charge in [0, 0.05) is 6.92 Å². The Morgan fingerprint density at radius 3 is 1.67 bits per heavy atom. The van der Waals surface area contributed by atoms with Crippen LogP contribution in [0.15, 0.2) is 60.7 Å². The van der Waals surface area contributed by atoms with E-state index in [1.165, 1.54) is 11.1 Å². The number of hydrogen-bond acceptors (Lipinski definition) is 1. The molecule has 0 spiro atoms. The molecule has 0 aromatic heterocycles. The van der Waals surface area contributed by atoms with Gasteiger partial charge >= 0.3 is 0 Å². The average molecular weight is 279 g/mol. The van der Waals surface area contributed by atoms with Gasteiger partial charge in [0.2, 0.25) is 5.91 Å². The van der Waals surface area contributed by atoms with E-state index in [9.17, 15) is 4.79 Å². The molecule has 1 aliphatic rings. The molecule has 1 heterocycles. The van der Waals surface area contributed by atoms with E-state index in [0.717, 1.165) is 19.3 Å². The summed E-state index contributed by atoms with van der Waals surface area (Å²) in [5, 5.41) is 0. The highest BCUT2D eigenvalue weighted by Crippen LogP contribution is 2.41. The number of rotatable bonds is 2. The van der Waals surface area contributed by atoms with Crippen molar-refractivity contribution >= 4 is 5.91 Å². The predicted molar refractivity (Wildman–Crippen MR) is 84.7 cm³/mol. The second kappa shape index (κ2) is 6.13. The molecule has 0 radical (unpaired) electrons. The number of amides is 1. The number of piperidine rings is 1. The van der Waals surface area contributed by atoms with E-state index in [1.807, 2.05) is 12.1 Å². The maximum Gasteiger partial charge on any atom is 0.220 e. The zero-order valence-electron chi connectivity index (χ0n) is 12.4. The summed E-state index contributed by atoms with van der Waals surface area (Å²) in [6, 6.07) is 21.2. The van der Waals surface area contributed by atoms with Gasteiger partial charge < -0.3 is 4.90 Å². The molecule has 2 atom stereocenters. The summed E-state index contributed by atoms with van der Waals surface area (Å²) in [6.45, 7) is 1.69. The van der Waals surface area contributed by atoms with Crippen LogP contribution in [0.5, 0.6) is 0 Å². The molecule has 2 unspecified atom stereocenters. The molecule has 1 fully saturated rings. The van der Waals surface area contributed by atoms with Crippen molar-refractivity contribution in [3.8, 4) is 0 Å². The van der Waals surface area contributed by atoms with Gasteiger partial charge in [-0.15, -0.1) is 0 Å². The Hall–Kier alpha value is -2.09. The zero-order valence-corrected chi connectivity index (χ0v) is 12.4. The second-order valence-electron chi connectivity index (χ2n) is 5.71. The number of carbonyl (C=O) groups is 1. The van der Waals surface area contributed by atoms with Gasteiger partial charge in [-0.3, -0.25) is 4.79 Å². The third-order valence-corrected chi connectivity index (χ3v) is 4.36. The van der Waals surface area contributed by atoms with Crippen LogP contribution in [0.3, 0.4) is 0 Å². The lowest BCUT2D eigenvalue weighted by molar-refractivity contribution is -0.136. The number of likely N-dealkylation sites (tertiary alicyclic amines) is 1. The van der Waals surface area contributed by atoms with Crippen molar-refractivity contribution in [2.24, 2.45) is 0 Å². The first-order valence-electron chi connectivity index (χ1n) is 7.66. The molecular weight excluding hydrogens is 258 g/mol.